The first-order valence-corrected chi connectivity index (χ1v) is 9.04. The number of aromatic nitrogens is 2. The minimum absolute atomic E-state index is 0.102. The molecule has 1 aromatic heterocycles. The molecule has 3 rings (SSSR count). The van der Waals surface area contributed by atoms with Gasteiger partial charge in [0, 0.05) is 28.4 Å². The summed E-state index contributed by atoms with van der Waals surface area (Å²) in [5.41, 5.74) is 1.58. The first-order valence-electron chi connectivity index (χ1n) is 7.87. The molecule has 0 radical (unpaired) electrons. The highest BCUT2D eigenvalue weighted by atomic mass is 79.9. The molecule has 1 heterocycles. The van der Waals surface area contributed by atoms with E-state index in [0.29, 0.717) is 27.4 Å². The molecule has 0 atom stereocenters. The number of nitro benzene ring substituents is 1. The number of hydrogen-bond donors (Lipinski definition) is 1. The van der Waals surface area contributed by atoms with E-state index in [2.05, 4.69) is 26.3 Å². The van der Waals surface area contributed by atoms with Crippen LogP contribution in [0.1, 0.15) is 21.5 Å². The number of rotatable bonds is 5. The number of amides is 1. The van der Waals surface area contributed by atoms with E-state index in [1.807, 2.05) is 12.1 Å². The smallest absolute Gasteiger partial charge is 0.273 e. The molecule has 27 heavy (non-hydrogen) atoms. The number of aryl methyl sites for hydroxylation is 1. The summed E-state index contributed by atoms with van der Waals surface area (Å²) in [6.45, 7) is 2.12. The van der Waals surface area contributed by atoms with Crippen molar-refractivity contribution in [1.29, 1.82) is 0 Å². The van der Waals surface area contributed by atoms with Crippen LogP contribution in [0.25, 0.3) is 0 Å². The van der Waals surface area contributed by atoms with E-state index in [1.165, 1.54) is 12.1 Å². The van der Waals surface area contributed by atoms with Gasteiger partial charge in [0.15, 0.2) is 5.82 Å². The number of nitro groups is 1. The standard InChI is InChI=1S/C18H14BrClN4O3/c1-11-2-5-13(8-16(11)24(26)27)18(25)21-17-15(19)10-23(22-17)9-12-3-6-14(20)7-4-12/h2-8,10H,9H2,1H3,(H,21,22,25). The maximum absolute atomic E-state index is 12.4. The van der Waals surface area contributed by atoms with E-state index in [-0.39, 0.29) is 11.3 Å². The Balaban J connectivity index is 1.77. The van der Waals surface area contributed by atoms with E-state index in [9.17, 15) is 14.9 Å². The molecule has 9 heteroatoms. The highest BCUT2D eigenvalue weighted by Crippen LogP contribution is 2.24. The van der Waals surface area contributed by atoms with E-state index in [0.717, 1.165) is 5.56 Å². The van der Waals surface area contributed by atoms with Crippen molar-refractivity contribution in [2.75, 3.05) is 5.32 Å². The number of nitrogens with one attached hydrogen (secondary N) is 1. The molecule has 0 aliphatic carbocycles. The number of anilines is 1. The molecular formula is C18H14BrClN4O3. The van der Waals surface area contributed by atoms with Crippen molar-refractivity contribution >= 4 is 44.9 Å². The van der Waals surface area contributed by atoms with Crippen LogP contribution in [-0.4, -0.2) is 20.6 Å². The predicted octanol–water partition coefficient (Wildman–Crippen LogP) is 4.82. The third-order valence-electron chi connectivity index (χ3n) is 3.87. The number of hydrogen-bond acceptors (Lipinski definition) is 4. The molecule has 0 unspecified atom stereocenters. The van der Waals surface area contributed by atoms with Gasteiger partial charge in [-0.1, -0.05) is 29.8 Å². The van der Waals surface area contributed by atoms with Crippen molar-refractivity contribution in [3.63, 3.8) is 0 Å². The van der Waals surface area contributed by atoms with Crippen LogP contribution in [0.3, 0.4) is 0 Å². The lowest BCUT2D eigenvalue weighted by molar-refractivity contribution is -0.385. The zero-order valence-corrected chi connectivity index (χ0v) is 16.5. The van der Waals surface area contributed by atoms with Gasteiger partial charge in [0.25, 0.3) is 11.6 Å². The highest BCUT2D eigenvalue weighted by molar-refractivity contribution is 9.10. The maximum atomic E-state index is 12.4. The number of benzene rings is 2. The van der Waals surface area contributed by atoms with E-state index < -0.39 is 10.8 Å². The minimum Gasteiger partial charge on any atom is -0.304 e. The SMILES string of the molecule is Cc1ccc(C(=O)Nc2nn(Cc3ccc(Cl)cc3)cc2Br)cc1[N+](=O)[O-]. The molecule has 7 nitrogen and oxygen atoms in total. The fourth-order valence-electron chi connectivity index (χ4n) is 2.47. The molecule has 0 saturated carbocycles. The molecule has 3 aromatic rings. The summed E-state index contributed by atoms with van der Waals surface area (Å²) in [7, 11) is 0. The summed E-state index contributed by atoms with van der Waals surface area (Å²) in [5, 5.41) is 18.7. The third kappa shape index (κ3) is 4.53. The largest absolute Gasteiger partial charge is 0.304 e. The predicted molar refractivity (Wildman–Crippen MR) is 106 cm³/mol. The van der Waals surface area contributed by atoms with Crippen LogP contribution in [0.5, 0.6) is 0 Å². The van der Waals surface area contributed by atoms with Crippen molar-refractivity contribution in [3.05, 3.63) is 85.0 Å². The minimum atomic E-state index is -0.511. The molecule has 2 aromatic carbocycles. The lowest BCUT2D eigenvalue weighted by atomic mass is 10.1. The van der Waals surface area contributed by atoms with Gasteiger partial charge in [-0.15, -0.1) is 0 Å². The Morgan fingerprint density at radius 1 is 1.30 bits per heavy atom. The Bertz CT molecular complexity index is 1020. The van der Waals surface area contributed by atoms with Gasteiger partial charge in [0.1, 0.15) is 0 Å². The van der Waals surface area contributed by atoms with Gasteiger partial charge in [-0.25, -0.2) is 0 Å². The summed E-state index contributed by atoms with van der Waals surface area (Å²) in [6.07, 6.45) is 1.74. The van der Waals surface area contributed by atoms with Crippen LogP contribution in [-0.2, 0) is 6.54 Å². The zero-order chi connectivity index (χ0) is 19.6. The second-order valence-corrected chi connectivity index (χ2v) is 7.15. The highest BCUT2D eigenvalue weighted by Gasteiger charge is 2.17. The quantitative estimate of drug-likeness (QED) is 0.447. The molecule has 0 fully saturated rings. The van der Waals surface area contributed by atoms with Crippen LogP contribution in [0.15, 0.2) is 53.1 Å². The Kier molecular flexibility index (Phi) is 5.57. The molecule has 1 N–H and O–H groups in total. The van der Waals surface area contributed by atoms with Gasteiger partial charge in [-0.2, -0.15) is 5.10 Å². The summed E-state index contributed by atoms with van der Waals surface area (Å²) in [5.74, 6) is -0.146. The van der Waals surface area contributed by atoms with Gasteiger partial charge in [0.05, 0.1) is 15.9 Å². The van der Waals surface area contributed by atoms with Gasteiger partial charge in [-0.05, 0) is 46.6 Å². The summed E-state index contributed by atoms with van der Waals surface area (Å²) >= 11 is 9.25. The van der Waals surface area contributed by atoms with Crippen molar-refractivity contribution in [2.45, 2.75) is 13.5 Å². The normalized spacial score (nSPS) is 10.6. The molecule has 0 aliphatic heterocycles. The molecule has 1 amide bonds. The van der Waals surface area contributed by atoms with E-state index in [1.54, 1.807) is 36.0 Å². The van der Waals surface area contributed by atoms with Crippen molar-refractivity contribution in [3.8, 4) is 0 Å². The van der Waals surface area contributed by atoms with Gasteiger partial charge < -0.3 is 5.32 Å². The molecule has 0 bridgehead atoms. The van der Waals surface area contributed by atoms with Gasteiger partial charge >= 0.3 is 0 Å². The zero-order valence-electron chi connectivity index (χ0n) is 14.1. The number of carbonyl (C=O) groups excluding carboxylic acids is 1. The fraction of sp³-hybridized carbons (Fsp3) is 0.111. The number of carbonyl (C=O) groups is 1. The molecule has 138 valence electrons. The van der Waals surface area contributed by atoms with Crippen LogP contribution in [0, 0.1) is 17.0 Å². The monoisotopic (exact) mass is 448 g/mol. The van der Waals surface area contributed by atoms with Crippen molar-refractivity contribution in [1.82, 2.24) is 9.78 Å². The van der Waals surface area contributed by atoms with Crippen LogP contribution in [0.4, 0.5) is 11.5 Å². The maximum Gasteiger partial charge on any atom is 0.273 e. The first-order chi connectivity index (χ1) is 12.8. The molecule has 0 saturated heterocycles. The van der Waals surface area contributed by atoms with E-state index in [4.69, 9.17) is 11.6 Å². The van der Waals surface area contributed by atoms with Crippen LogP contribution < -0.4 is 5.32 Å². The number of nitrogens with zero attached hydrogens (tertiary/aromatic N) is 3. The number of halogens is 2. The Hall–Kier alpha value is -2.71. The lowest BCUT2D eigenvalue weighted by Crippen LogP contribution is -2.13. The van der Waals surface area contributed by atoms with Crippen molar-refractivity contribution in [2.24, 2.45) is 0 Å². The van der Waals surface area contributed by atoms with Crippen LogP contribution >= 0.6 is 27.5 Å². The Labute approximate surface area is 168 Å². The molecule has 0 aliphatic rings. The van der Waals surface area contributed by atoms with Crippen LogP contribution in [0.2, 0.25) is 5.02 Å². The van der Waals surface area contributed by atoms with E-state index >= 15 is 0 Å². The third-order valence-corrected chi connectivity index (χ3v) is 4.71. The van der Waals surface area contributed by atoms with Gasteiger partial charge in [0.2, 0.25) is 0 Å². The molecular weight excluding hydrogens is 436 g/mol. The first kappa shape index (κ1) is 19.1. The second-order valence-electron chi connectivity index (χ2n) is 5.86. The average molecular weight is 450 g/mol. The summed E-state index contributed by atoms with van der Waals surface area (Å²) in [4.78, 5) is 23.0. The average Bonchev–Trinajstić information content (AvgIpc) is 2.96. The Morgan fingerprint density at radius 3 is 2.67 bits per heavy atom. The summed E-state index contributed by atoms with van der Waals surface area (Å²) in [6, 6.07) is 11.7. The topological polar surface area (TPSA) is 90.1 Å². The van der Waals surface area contributed by atoms with Gasteiger partial charge in [-0.3, -0.25) is 19.6 Å². The summed E-state index contributed by atoms with van der Waals surface area (Å²) < 4.78 is 2.27. The van der Waals surface area contributed by atoms with Crippen molar-refractivity contribution < 1.29 is 9.72 Å². The fourth-order valence-corrected chi connectivity index (χ4v) is 3.01. The Morgan fingerprint density at radius 2 is 2.00 bits per heavy atom. The molecule has 0 spiro atoms. The second kappa shape index (κ2) is 7.89. The lowest BCUT2D eigenvalue weighted by Gasteiger charge is -2.05.